The molecular weight excluding hydrogens is 532 g/mol. The van der Waals surface area contributed by atoms with Crippen molar-refractivity contribution in [3.05, 3.63) is 129 Å². The van der Waals surface area contributed by atoms with Crippen molar-refractivity contribution in [3.8, 4) is 5.75 Å². The fourth-order valence-corrected chi connectivity index (χ4v) is 5.09. The first kappa shape index (κ1) is 24.0. The standard InChI is InChI=1S/C30H23BrN2O2S/c1-3-20-6-10-22(11-7-20)29(34)33-30-32-18-27(36-30)28(21-8-4-19(2)5-9-21)35-26-15-13-23-16-25(31)14-12-24(23)17-26/h3-18,28H,1H2,2H3,(H,32,33,34). The van der Waals surface area contributed by atoms with Crippen molar-refractivity contribution in [2.45, 2.75) is 13.0 Å². The van der Waals surface area contributed by atoms with Gasteiger partial charge in [0.05, 0.1) is 4.88 Å². The Morgan fingerprint density at radius 1 is 1.00 bits per heavy atom. The van der Waals surface area contributed by atoms with Gasteiger partial charge in [-0.2, -0.15) is 0 Å². The first-order valence-corrected chi connectivity index (χ1v) is 13.0. The SMILES string of the molecule is C=Cc1ccc(C(=O)Nc2ncc(C(Oc3ccc4cc(Br)ccc4c3)c3ccc(C)cc3)s2)cc1. The van der Waals surface area contributed by atoms with E-state index in [0.717, 1.165) is 37.0 Å². The molecule has 5 rings (SSSR count). The maximum absolute atomic E-state index is 12.7. The summed E-state index contributed by atoms with van der Waals surface area (Å²) in [6.07, 6.45) is 3.15. The number of nitrogens with zero attached hydrogens (tertiary/aromatic N) is 1. The van der Waals surface area contributed by atoms with Gasteiger partial charge in [-0.15, -0.1) is 0 Å². The van der Waals surface area contributed by atoms with Crippen LogP contribution in [0.4, 0.5) is 5.13 Å². The van der Waals surface area contributed by atoms with E-state index in [1.807, 2.05) is 30.3 Å². The van der Waals surface area contributed by atoms with Gasteiger partial charge in [-0.1, -0.05) is 94.0 Å². The highest BCUT2D eigenvalue weighted by Gasteiger charge is 2.21. The molecule has 6 heteroatoms. The second-order valence-electron chi connectivity index (χ2n) is 8.41. The number of carbonyl (C=O) groups excluding carboxylic acids is 1. The van der Waals surface area contributed by atoms with Crippen LogP contribution >= 0.6 is 27.3 Å². The van der Waals surface area contributed by atoms with Crippen molar-refractivity contribution in [2.24, 2.45) is 0 Å². The molecule has 0 aliphatic carbocycles. The van der Waals surface area contributed by atoms with Crippen LogP contribution in [0.25, 0.3) is 16.8 Å². The van der Waals surface area contributed by atoms with Gasteiger partial charge < -0.3 is 4.74 Å². The third-order valence-electron chi connectivity index (χ3n) is 5.82. The largest absolute Gasteiger partial charge is 0.480 e. The lowest BCUT2D eigenvalue weighted by molar-refractivity contribution is 0.102. The Kier molecular flexibility index (Phi) is 6.98. The molecule has 4 nitrogen and oxygen atoms in total. The molecular formula is C30H23BrN2O2S. The number of carbonyl (C=O) groups is 1. The molecule has 0 saturated heterocycles. The second kappa shape index (κ2) is 10.5. The number of aromatic nitrogens is 1. The maximum atomic E-state index is 12.7. The molecule has 0 aliphatic rings. The number of benzene rings is 4. The van der Waals surface area contributed by atoms with Crippen LogP contribution in [0, 0.1) is 6.92 Å². The Morgan fingerprint density at radius 3 is 2.47 bits per heavy atom. The van der Waals surface area contributed by atoms with Gasteiger partial charge in [0.15, 0.2) is 11.2 Å². The van der Waals surface area contributed by atoms with Crippen molar-refractivity contribution in [1.82, 2.24) is 4.98 Å². The molecule has 0 radical (unpaired) electrons. The van der Waals surface area contributed by atoms with Gasteiger partial charge in [-0.3, -0.25) is 10.1 Å². The number of halogens is 1. The minimum atomic E-state index is -0.367. The third kappa shape index (κ3) is 5.40. The summed E-state index contributed by atoms with van der Waals surface area (Å²) in [5.41, 5.74) is 3.71. The third-order valence-corrected chi connectivity index (χ3v) is 7.27. The zero-order valence-corrected chi connectivity index (χ0v) is 22.0. The molecule has 0 saturated carbocycles. The van der Waals surface area contributed by atoms with Gasteiger partial charge in [0.2, 0.25) is 0 Å². The van der Waals surface area contributed by atoms with Crippen LogP contribution in [0.5, 0.6) is 5.75 Å². The second-order valence-corrected chi connectivity index (χ2v) is 10.4. The predicted molar refractivity (Wildman–Crippen MR) is 152 cm³/mol. The van der Waals surface area contributed by atoms with Crippen LogP contribution in [0.3, 0.4) is 0 Å². The molecule has 1 N–H and O–H groups in total. The van der Waals surface area contributed by atoms with Crippen LogP contribution in [0.1, 0.15) is 38.0 Å². The molecule has 1 unspecified atom stereocenters. The summed E-state index contributed by atoms with van der Waals surface area (Å²) in [5.74, 6) is 0.552. The highest BCUT2D eigenvalue weighted by molar-refractivity contribution is 9.10. The molecule has 0 spiro atoms. The van der Waals surface area contributed by atoms with Crippen LogP contribution in [0.15, 0.2) is 102 Å². The first-order valence-electron chi connectivity index (χ1n) is 11.4. The molecule has 1 atom stereocenters. The lowest BCUT2D eigenvalue weighted by Crippen LogP contribution is -2.11. The summed E-state index contributed by atoms with van der Waals surface area (Å²) >= 11 is 4.93. The van der Waals surface area contributed by atoms with Crippen molar-refractivity contribution >= 4 is 55.2 Å². The number of ether oxygens (including phenoxy) is 1. The number of thiazole rings is 1. The molecule has 1 heterocycles. The van der Waals surface area contributed by atoms with E-state index in [-0.39, 0.29) is 12.0 Å². The van der Waals surface area contributed by atoms with E-state index in [9.17, 15) is 4.79 Å². The van der Waals surface area contributed by atoms with Gasteiger partial charge in [-0.25, -0.2) is 4.98 Å². The quantitative estimate of drug-likeness (QED) is 0.219. The highest BCUT2D eigenvalue weighted by atomic mass is 79.9. The lowest BCUT2D eigenvalue weighted by atomic mass is 10.1. The minimum Gasteiger partial charge on any atom is -0.480 e. The zero-order valence-electron chi connectivity index (χ0n) is 19.6. The van der Waals surface area contributed by atoms with Gasteiger partial charge in [0.25, 0.3) is 5.91 Å². The molecule has 1 aromatic heterocycles. The van der Waals surface area contributed by atoms with Crippen molar-refractivity contribution in [1.29, 1.82) is 0 Å². The summed E-state index contributed by atoms with van der Waals surface area (Å²) in [7, 11) is 0. The summed E-state index contributed by atoms with van der Waals surface area (Å²) in [5, 5.41) is 5.66. The number of nitrogens with one attached hydrogen (secondary N) is 1. The normalized spacial score (nSPS) is 11.7. The van der Waals surface area contributed by atoms with Crippen molar-refractivity contribution in [2.75, 3.05) is 5.32 Å². The van der Waals surface area contributed by atoms with E-state index in [0.29, 0.717) is 10.7 Å². The fraction of sp³-hybridized carbons (Fsp3) is 0.0667. The zero-order chi connectivity index (χ0) is 25.1. The van der Waals surface area contributed by atoms with Crippen molar-refractivity contribution in [3.63, 3.8) is 0 Å². The number of rotatable bonds is 7. The Labute approximate surface area is 222 Å². The van der Waals surface area contributed by atoms with Gasteiger partial charge in [-0.05, 0) is 65.2 Å². The van der Waals surface area contributed by atoms with Crippen LogP contribution in [0.2, 0.25) is 0 Å². The minimum absolute atomic E-state index is 0.208. The molecule has 0 bridgehead atoms. The van der Waals surface area contributed by atoms with Gasteiger partial charge >= 0.3 is 0 Å². The Hall–Kier alpha value is -3.74. The van der Waals surface area contributed by atoms with Crippen LogP contribution in [-0.2, 0) is 0 Å². The first-order chi connectivity index (χ1) is 17.5. The Bertz CT molecular complexity index is 1540. The number of amides is 1. The molecule has 0 aliphatic heterocycles. The summed E-state index contributed by atoms with van der Waals surface area (Å²) in [6, 6.07) is 27.8. The molecule has 178 valence electrons. The maximum Gasteiger partial charge on any atom is 0.257 e. The van der Waals surface area contributed by atoms with Crippen molar-refractivity contribution < 1.29 is 9.53 Å². The van der Waals surface area contributed by atoms with Gasteiger partial charge in [0, 0.05) is 16.2 Å². The molecule has 1 amide bonds. The average molecular weight is 555 g/mol. The molecule has 0 fully saturated rings. The Morgan fingerprint density at radius 2 is 1.72 bits per heavy atom. The highest BCUT2D eigenvalue weighted by Crippen LogP contribution is 2.35. The van der Waals surface area contributed by atoms with Crippen LogP contribution < -0.4 is 10.1 Å². The van der Waals surface area contributed by atoms with E-state index in [1.54, 1.807) is 24.4 Å². The van der Waals surface area contributed by atoms with E-state index in [1.165, 1.54) is 16.9 Å². The van der Waals surface area contributed by atoms with Gasteiger partial charge in [0.1, 0.15) is 5.75 Å². The average Bonchev–Trinajstić information content (AvgIpc) is 3.36. The number of fused-ring (bicyclic) bond motifs is 1. The predicted octanol–water partition coefficient (Wildman–Crippen LogP) is 8.43. The van der Waals surface area contributed by atoms with E-state index < -0.39 is 0 Å². The number of aryl methyl sites for hydroxylation is 1. The number of hydrogen-bond donors (Lipinski definition) is 1. The topological polar surface area (TPSA) is 51.2 Å². The fourth-order valence-electron chi connectivity index (χ4n) is 3.84. The monoisotopic (exact) mass is 554 g/mol. The van der Waals surface area contributed by atoms with Crippen LogP contribution in [-0.4, -0.2) is 10.9 Å². The summed E-state index contributed by atoms with van der Waals surface area (Å²) < 4.78 is 7.57. The molecule has 4 aromatic carbocycles. The summed E-state index contributed by atoms with van der Waals surface area (Å²) in [4.78, 5) is 18.1. The Balaban J connectivity index is 1.42. The van der Waals surface area contributed by atoms with E-state index in [4.69, 9.17) is 4.74 Å². The lowest BCUT2D eigenvalue weighted by Gasteiger charge is -2.19. The molecule has 5 aromatic rings. The number of hydrogen-bond acceptors (Lipinski definition) is 4. The summed E-state index contributed by atoms with van der Waals surface area (Å²) in [6.45, 7) is 5.81. The smallest absolute Gasteiger partial charge is 0.257 e. The van der Waals surface area contributed by atoms with E-state index >= 15 is 0 Å². The number of anilines is 1. The van der Waals surface area contributed by atoms with E-state index in [2.05, 4.69) is 82.2 Å². The molecule has 36 heavy (non-hydrogen) atoms.